The van der Waals surface area contributed by atoms with E-state index in [9.17, 15) is 0 Å². The highest BCUT2D eigenvalue weighted by atomic mass is 16.5. The summed E-state index contributed by atoms with van der Waals surface area (Å²) in [7, 11) is 0. The number of hydroxylamine groups is 2. The van der Waals surface area contributed by atoms with Crippen LogP contribution in [0.4, 0.5) is 0 Å². The zero-order valence-corrected chi connectivity index (χ0v) is 6.51. The van der Waals surface area contributed by atoms with Crippen molar-refractivity contribution < 1.29 is 5.21 Å². The van der Waals surface area contributed by atoms with Crippen LogP contribution >= 0.6 is 0 Å². The number of hydrogen-bond donors (Lipinski definition) is 1. The molecule has 58 valence electrons. The Morgan fingerprint density at radius 3 is 2.90 bits per heavy atom. The van der Waals surface area contributed by atoms with E-state index in [1.807, 2.05) is 6.08 Å². The highest BCUT2D eigenvalue weighted by molar-refractivity contribution is 4.88. The van der Waals surface area contributed by atoms with Gasteiger partial charge in [0, 0.05) is 13.1 Å². The van der Waals surface area contributed by atoms with Gasteiger partial charge in [0.2, 0.25) is 0 Å². The minimum Gasteiger partial charge on any atom is -0.314 e. The van der Waals surface area contributed by atoms with Gasteiger partial charge in [-0.15, -0.1) is 6.58 Å². The second-order valence-electron chi connectivity index (χ2n) is 3.44. The topological polar surface area (TPSA) is 23.5 Å². The van der Waals surface area contributed by atoms with E-state index in [4.69, 9.17) is 5.21 Å². The molecule has 0 aliphatic carbocycles. The van der Waals surface area contributed by atoms with E-state index in [1.54, 1.807) is 0 Å². The number of hydrogen-bond acceptors (Lipinski definition) is 2. The Morgan fingerprint density at radius 2 is 2.50 bits per heavy atom. The van der Waals surface area contributed by atoms with Crippen LogP contribution in [0.15, 0.2) is 12.7 Å². The molecular formula is C8H15NO. The zero-order valence-electron chi connectivity index (χ0n) is 6.51. The summed E-state index contributed by atoms with van der Waals surface area (Å²) in [6, 6.07) is 0. The van der Waals surface area contributed by atoms with Crippen molar-refractivity contribution in [3.63, 3.8) is 0 Å². The standard InChI is InChI=1S/C8H15NO/c1-3-4-8(2)5-6-9(10)7-8/h3,10H,1,4-7H2,2H3/t8-/m1/s1. The summed E-state index contributed by atoms with van der Waals surface area (Å²) in [6.45, 7) is 7.48. The predicted octanol–water partition coefficient (Wildman–Crippen LogP) is 1.66. The van der Waals surface area contributed by atoms with Crippen LogP contribution in [-0.4, -0.2) is 23.4 Å². The van der Waals surface area contributed by atoms with Crippen LogP contribution in [0.1, 0.15) is 19.8 Å². The van der Waals surface area contributed by atoms with Gasteiger partial charge in [0.1, 0.15) is 0 Å². The fraction of sp³-hybridized carbons (Fsp3) is 0.750. The fourth-order valence-electron chi connectivity index (χ4n) is 1.51. The third-order valence-corrected chi connectivity index (χ3v) is 2.17. The van der Waals surface area contributed by atoms with E-state index < -0.39 is 0 Å². The van der Waals surface area contributed by atoms with Crippen molar-refractivity contribution in [1.82, 2.24) is 5.06 Å². The Balaban J connectivity index is 2.45. The van der Waals surface area contributed by atoms with Gasteiger partial charge >= 0.3 is 0 Å². The molecule has 0 aromatic carbocycles. The molecule has 10 heavy (non-hydrogen) atoms. The average Bonchev–Trinajstić information content (AvgIpc) is 2.12. The van der Waals surface area contributed by atoms with Crippen LogP contribution in [0.5, 0.6) is 0 Å². The van der Waals surface area contributed by atoms with E-state index in [0.29, 0.717) is 0 Å². The van der Waals surface area contributed by atoms with Crippen molar-refractivity contribution >= 4 is 0 Å². The maximum Gasteiger partial charge on any atom is 0.0295 e. The van der Waals surface area contributed by atoms with Crippen LogP contribution in [0, 0.1) is 5.41 Å². The minimum absolute atomic E-state index is 0.274. The molecule has 1 fully saturated rings. The summed E-state index contributed by atoms with van der Waals surface area (Å²) in [5.41, 5.74) is 0.274. The molecular weight excluding hydrogens is 126 g/mol. The average molecular weight is 141 g/mol. The van der Waals surface area contributed by atoms with Crippen molar-refractivity contribution in [2.24, 2.45) is 5.41 Å². The molecule has 0 bridgehead atoms. The van der Waals surface area contributed by atoms with E-state index in [-0.39, 0.29) is 5.41 Å². The molecule has 2 heteroatoms. The van der Waals surface area contributed by atoms with Crippen molar-refractivity contribution in [2.45, 2.75) is 19.8 Å². The molecule has 0 radical (unpaired) electrons. The summed E-state index contributed by atoms with van der Waals surface area (Å²) in [6.07, 6.45) is 4.01. The molecule has 1 saturated heterocycles. The van der Waals surface area contributed by atoms with E-state index in [1.165, 1.54) is 5.06 Å². The molecule has 0 unspecified atom stereocenters. The monoisotopic (exact) mass is 141 g/mol. The van der Waals surface area contributed by atoms with Crippen LogP contribution in [0.2, 0.25) is 0 Å². The molecule has 0 saturated carbocycles. The first-order valence-corrected chi connectivity index (χ1v) is 3.71. The Hall–Kier alpha value is -0.340. The Labute approximate surface area is 62.1 Å². The van der Waals surface area contributed by atoms with E-state index in [0.717, 1.165) is 25.9 Å². The fourth-order valence-corrected chi connectivity index (χ4v) is 1.51. The highest BCUT2D eigenvalue weighted by Crippen LogP contribution is 2.32. The molecule has 1 atom stereocenters. The number of allylic oxidation sites excluding steroid dienone is 1. The lowest BCUT2D eigenvalue weighted by Gasteiger charge is -2.20. The summed E-state index contributed by atoms with van der Waals surface area (Å²) < 4.78 is 0. The second kappa shape index (κ2) is 2.72. The van der Waals surface area contributed by atoms with Crippen LogP contribution in [0.25, 0.3) is 0 Å². The predicted molar refractivity (Wildman–Crippen MR) is 40.9 cm³/mol. The van der Waals surface area contributed by atoms with Crippen molar-refractivity contribution in [3.8, 4) is 0 Å². The van der Waals surface area contributed by atoms with Crippen molar-refractivity contribution in [3.05, 3.63) is 12.7 Å². The van der Waals surface area contributed by atoms with Crippen LogP contribution < -0.4 is 0 Å². The zero-order chi connectivity index (χ0) is 7.61. The third-order valence-electron chi connectivity index (χ3n) is 2.17. The van der Waals surface area contributed by atoms with Gasteiger partial charge in [-0.25, -0.2) is 0 Å². The Morgan fingerprint density at radius 1 is 1.80 bits per heavy atom. The largest absolute Gasteiger partial charge is 0.314 e. The second-order valence-corrected chi connectivity index (χ2v) is 3.44. The lowest BCUT2D eigenvalue weighted by molar-refractivity contribution is -0.0761. The van der Waals surface area contributed by atoms with E-state index >= 15 is 0 Å². The van der Waals surface area contributed by atoms with Crippen molar-refractivity contribution in [1.29, 1.82) is 0 Å². The summed E-state index contributed by atoms with van der Waals surface area (Å²) in [5.74, 6) is 0. The first-order valence-electron chi connectivity index (χ1n) is 3.71. The first-order chi connectivity index (χ1) is 4.66. The van der Waals surface area contributed by atoms with Crippen molar-refractivity contribution in [2.75, 3.05) is 13.1 Å². The maximum atomic E-state index is 9.09. The molecule has 0 aromatic heterocycles. The normalized spacial score (nSPS) is 34.6. The van der Waals surface area contributed by atoms with Gasteiger partial charge in [0.05, 0.1) is 0 Å². The van der Waals surface area contributed by atoms with Gasteiger partial charge in [0.15, 0.2) is 0 Å². The van der Waals surface area contributed by atoms with Gasteiger partial charge in [0.25, 0.3) is 0 Å². The van der Waals surface area contributed by atoms with E-state index in [2.05, 4.69) is 13.5 Å². The van der Waals surface area contributed by atoms with Crippen LogP contribution in [0.3, 0.4) is 0 Å². The summed E-state index contributed by atoms with van der Waals surface area (Å²) in [4.78, 5) is 0. The van der Waals surface area contributed by atoms with Crippen LogP contribution in [-0.2, 0) is 0 Å². The molecule has 1 N–H and O–H groups in total. The smallest absolute Gasteiger partial charge is 0.0295 e. The summed E-state index contributed by atoms with van der Waals surface area (Å²) >= 11 is 0. The quantitative estimate of drug-likeness (QED) is 0.591. The SMILES string of the molecule is C=CC[C@]1(C)CCN(O)C1. The highest BCUT2D eigenvalue weighted by Gasteiger charge is 2.31. The molecule has 1 aliphatic rings. The molecule has 1 rings (SSSR count). The number of rotatable bonds is 2. The number of nitrogens with zero attached hydrogens (tertiary/aromatic N) is 1. The maximum absolute atomic E-state index is 9.09. The molecule has 0 spiro atoms. The van der Waals surface area contributed by atoms with Gasteiger partial charge in [-0.1, -0.05) is 13.0 Å². The van der Waals surface area contributed by atoms with Gasteiger partial charge < -0.3 is 5.21 Å². The molecule has 0 amide bonds. The van der Waals surface area contributed by atoms with Gasteiger partial charge in [-0.05, 0) is 18.3 Å². The molecule has 1 aliphatic heterocycles. The third kappa shape index (κ3) is 1.58. The molecule has 2 nitrogen and oxygen atoms in total. The minimum atomic E-state index is 0.274. The Bertz CT molecular complexity index is 135. The van der Waals surface area contributed by atoms with Gasteiger partial charge in [-0.3, -0.25) is 0 Å². The lowest BCUT2D eigenvalue weighted by atomic mass is 9.86. The van der Waals surface area contributed by atoms with Gasteiger partial charge in [-0.2, -0.15) is 5.06 Å². The summed E-state index contributed by atoms with van der Waals surface area (Å²) in [5, 5.41) is 10.5. The molecule has 1 heterocycles. The lowest BCUT2D eigenvalue weighted by Crippen LogP contribution is -2.21. The molecule has 0 aromatic rings. The first kappa shape index (κ1) is 7.76. The Kier molecular flexibility index (Phi) is 2.11.